The molecule has 1 rings (SSSR count). The van der Waals surface area contributed by atoms with Gasteiger partial charge in [-0.2, -0.15) is 0 Å². The van der Waals surface area contributed by atoms with Crippen LogP contribution in [-0.2, 0) is 12.8 Å². The fraction of sp³-hybridized carbons (Fsp3) is 0.905. The molecule has 258 valence electrons. The molecule has 0 saturated heterocycles. The second kappa shape index (κ2) is 34.9. The summed E-state index contributed by atoms with van der Waals surface area (Å²) in [5.41, 5.74) is 2.53. The average molecular weight is 613 g/mol. The molecule has 0 atom stereocenters. The first-order chi connectivity index (χ1) is 21.9. The van der Waals surface area contributed by atoms with Crippen molar-refractivity contribution in [3.05, 3.63) is 23.8 Å². The topological polar surface area (TPSA) is 25.8 Å². The van der Waals surface area contributed by atoms with Gasteiger partial charge in [-0.05, 0) is 31.7 Å². The third kappa shape index (κ3) is 29.8. The maximum absolute atomic E-state index is 4.57. The Morgan fingerprint density at radius 2 is 0.500 bits per heavy atom. The van der Waals surface area contributed by atoms with E-state index in [2.05, 4.69) is 29.9 Å². The highest BCUT2D eigenvalue weighted by molar-refractivity contribution is 5.08. The number of hydrogen-bond donors (Lipinski definition) is 0. The Bertz CT molecular complexity index is 618. The van der Waals surface area contributed by atoms with Crippen LogP contribution in [0.25, 0.3) is 0 Å². The molecule has 2 heteroatoms. The third-order valence-electron chi connectivity index (χ3n) is 9.85. The highest BCUT2D eigenvalue weighted by Crippen LogP contribution is 2.17. The monoisotopic (exact) mass is 613 g/mol. The summed E-state index contributed by atoms with van der Waals surface area (Å²) in [6, 6.07) is 2.29. The summed E-state index contributed by atoms with van der Waals surface area (Å²) >= 11 is 0. The zero-order valence-electron chi connectivity index (χ0n) is 30.5. The van der Waals surface area contributed by atoms with Crippen LogP contribution in [0.3, 0.4) is 0 Å². The summed E-state index contributed by atoms with van der Waals surface area (Å²) in [6.45, 7) is 4.61. The van der Waals surface area contributed by atoms with Crippen LogP contribution in [0.2, 0.25) is 0 Å². The molecule has 0 aliphatic carbocycles. The minimum absolute atomic E-state index is 1.13. The van der Waals surface area contributed by atoms with Crippen molar-refractivity contribution in [3.8, 4) is 0 Å². The van der Waals surface area contributed by atoms with Crippen LogP contribution in [0.4, 0.5) is 0 Å². The van der Waals surface area contributed by atoms with E-state index in [9.17, 15) is 0 Å². The van der Waals surface area contributed by atoms with Crippen LogP contribution in [0, 0.1) is 0 Å². The second-order valence-electron chi connectivity index (χ2n) is 14.3. The predicted molar refractivity (Wildman–Crippen MR) is 198 cm³/mol. The van der Waals surface area contributed by atoms with E-state index in [0.717, 1.165) is 12.8 Å². The van der Waals surface area contributed by atoms with E-state index in [1.807, 2.05) is 6.33 Å². The highest BCUT2D eigenvalue weighted by Gasteiger charge is 2.01. The van der Waals surface area contributed by atoms with Gasteiger partial charge in [0.25, 0.3) is 0 Å². The van der Waals surface area contributed by atoms with Gasteiger partial charge in [-0.1, -0.05) is 219 Å². The SMILES string of the molecule is CCCCCCCCCCCCCCCCCCCc1cc(CCCCCCCCCCCCCCCCCCC)ncn1. The van der Waals surface area contributed by atoms with Gasteiger partial charge in [-0.25, -0.2) is 9.97 Å². The van der Waals surface area contributed by atoms with E-state index >= 15 is 0 Å². The molecule has 0 unspecified atom stereocenters. The number of hydrogen-bond acceptors (Lipinski definition) is 2. The third-order valence-corrected chi connectivity index (χ3v) is 9.85. The number of aromatic nitrogens is 2. The molecule has 1 aromatic heterocycles. The minimum Gasteiger partial charge on any atom is -0.241 e. The molecule has 0 aromatic carbocycles. The van der Waals surface area contributed by atoms with E-state index < -0.39 is 0 Å². The molecule has 0 aliphatic rings. The molecule has 0 aliphatic heterocycles. The lowest BCUT2D eigenvalue weighted by molar-refractivity contribution is 0.526. The Balaban J connectivity index is 1.83. The van der Waals surface area contributed by atoms with Crippen LogP contribution in [-0.4, -0.2) is 9.97 Å². The number of rotatable bonds is 36. The van der Waals surface area contributed by atoms with Gasteiger partial charge in [-0.3, -0.25) is 0 Å². The minimum atomic E-state index is 1.13. The van der Waals surface area contributed by atoms with Crippen LogP contribution >= 0.6 is 0 Å². The van der Waals surface area contributed by atoms with Crippen LogP contribution in [0.5, 0.6) is 0 Å². The second-order valence-corrected chi connectivity index (χ2v) is 14.3. The van der Waals surface area contributed by atoms with Crippen molar-refractivity contribution in [2.24, 2.45) is 0 Å². The Hall–Kier alpha value is -0.920. The summed E-state index contributed by atoms with van der Waals surface area (Å²) < 4.78 is 0. The molecular weight excluding hydrogens is 532 g/mol. The van der Waals surface area contributed by atoms with Crippen LogP contribution < -0.4 is 0 Å². The summed E-state index contributed by atoms with van der Waals surface area (Å²) in [4.78, 5) is 9.13. The smallest absolute Gasteiger partial charge is 0.115 e. The van der Waals surface area contributed by atoms with Gasteiger partial charge in [0.05, 0.1) is 0 Å². The fourth-order valence-corrected chi connectivity index (χ4v) is 6.78. The average Bonchev–Trinajstić information content (AvgIpc) is 3.04. The van der Waals surface area contributed by atoms with E-state index in [0.29, 0.717) is 0 Å². The quantitative estimate of drug-likeness (QED) is 0.0704. The van der Waals surface area contributed by atoms with Gasteiger partial charge < -0.3 is 0 Å². The summed E-state index contributed by atoms with van der Waals surface area (Å²) in [7, 11) is 0. The van der Waals surface area contributed by atoms with Gasteiger partial charge in [0.15, 0.2) is 0 Å². The molecule has 2 nitrogen and oxygen atoms in total. The van der Waals surface area contributed by atoms with Gasteiger partial charge in [0, 0.05) is 11.4 Å². The molecule has 44 heavy (non-hydrogen) atoms. The lowest BCUT2D eigenvalue weighted by atomic mass is 10.0. The molecule has 0 spiro atoms. The summed E-state index contributed by atoms with van der Waals surface area (Å²) in [6.07, 6.45) is 52.8. The molecular formula is C42H80N2. The molecule has 0 radical (unpaired) electrons. The molecule has 0 N–H and O–H groups in total. The molecule has 1 heterocycles. The van der Waals surface area contributed by atoms with Crippen LogP contribution in [0.1, 0.15) is 244 Å². The van der Waals surface area contributed by atoms with Gasteiger partial charge in [0.1, 0.15) is 6.33 Å². The predicted octanol–water partition coefficient (Wildman–Crippen LogP) is 14.9. The Morgan fingerprint density at radius 1 is 0.295 bits per heavy atom. The van der Waals surface area contributed by atoms with E-state index in [1.54, 1.807) is 0 Å². The zero-order chi connectivity index (χ0) is 31.4. The normalized spacial score (nSPS) is 11.5. The first-order valence-corrected chi connectivity index (χ1v) is 20.7. The molecule has 1 aromatic rings. The van der Waals surface area contributed by atoms with Crippen molar-refractivity contribution in [1.29, 1.82) is 0 Å². The highest BCUT2D eigenvalue weighted by atomic mass is 14.8. The molecule has 0 amide bonds. The van der Waals surface area contributed by atoms with Crippen molar-refractivity contribution in [2.45, 2.75) is 245 Å². The van der Waals surface area contributed by atoms with E-state index in [-0.39, 0.29) is 0 Å². The van der Waals surface area contributed by atoms with Crippen molar-refractivity contribution < 1.29 is 0 Å². The summed E-state index contributed by atoms with van der Waals surface area (Å²) in [5.74, 6) is 0. The van der Waals surface area contributed by atoms with Crippen molar-refractivity contribution in [3.63, 3.8) is 0 Å². The largest absolute Gasteiger partial charge is 0.241 e. The number of unbranched alkanes of at least 4 members (excludes halogenated alkanes) is 32. The van der Waals surface area contributed by atoms with Crippen molar-refractivity contribution in [2.75, 3.05) is 0 Å². The maximum Gasteiger partial charge on any atom is 0.115 e. The summed E-state index contributed by atoms with van der Waals surface area (Å²) in [5, 5.41) is 0. The number of nitrogens with zero attached hydrogens (tertiary/aromatic N) is 2. The Morgan fingerprint density at radius 3 is 0.727 bits per heavy atom. The van der Waals surface area contributed by atoms with Crippen molar-refractivity contribution >= 4 is 0 Å². The molecule has 0 bridgehead atoms. The van der Waals surface area contributed by atoms with Gasteiger partial charge in [0.2, 0.25) is 0 Å². The first-order valence-electron chi connectivity index (χ1n) is 20.7. The molecule has 0 saturated carbocycles. The lowest BCUT2D eigenvalue weighted by Gasteiger charge is -2.06. The maximum atomic E-state index is 4.57. The van der Waals surface area contributed by atoms with Crippen molar-refractivity contribution in [1.82, 2.24) is 9.97 Å². The van der Waals surface area contributed by atoms with Gasteiger partial charge in [-0.15, -0.1) is 0 Å². The van der Waals surface area contributed by atoms with E-state index in [1.165, 1.54) is 230 Å². The lowest BCUT2D eigenvalue weighted by Crippen LogP contribution is -1.97. The fourth-order valence-electron chi connectivity index (χ4n) is 6.78. The van der Waals surface area contributed by atoms with E-state index in [4.69, 9.17) is 0 Å². The molecule has 0 fully saturated rings. The Kier molecular flexibility index (Phi) is 32.6. The number of aryl methyl sites for hydroxylation is 2. The zero-order valence-corrected chi connectivity index (χ0v) is 30.5. The van der Waals surface area contributed by atoms with Crippen LogP contribution in [0.15, 0.2) is 12.4 Å². The Labute approximate surface area is 278 Å². The first kappa shape index (κ1) is 41.1. The standard InChI is InChI=1S/C42H80N2/c1-3-5-7-9-11-13-15-17-19-21-23-25-27-29-31-33-35-37-41-39-42(44-40-43-41)38-36-34-32-30-28-26-24-22-20-18-16-14-12-10-8-6-4-2/h39-40H,3-38H2,1-2H3. The van der Waals surface area contributed by atoms with Gasteiger partial charge >= 0.3 is 0 Å².